The van der Waals surface area contributed by atoms with E-state index >= 15 is 0 Å². The van der Waals surface area contributed by atoms with Gasteiger partial charge in [0, 0.05) is 37.9 Å². The van der Waals surface area contributed by atoms with Crippen LogP contribution in [0.5, 0.6) is 0 Å². The molecule has 3 rings (SSSR count). The minimum atomic E-state index is -0.561. The second-order valence-corrected chi connectivity index (χ2v) is 5.87. The molecule has 2 heterocycles. The van der Waals surface area contributed by atoms with Gasteiger partial charge < -0.3 is 10.6 Å². The van der Waals surface area contributed by atoms with E-state index in [4.69, 9.17) is 5.73 Å². The summed E-state index contributed by atoms with van der Waals surface area (Å²) in [6.07, 6.45) is 3.76. The Bertz CT molecular complexity index is 629. The lowest BCUT2D eigenvalue weighted by atomic mass is 9.92. The number of carbonyl (C=O) groups excluding carboxylic acids is 1. The monoisotopic (exact) mass is 298 g/mol. The molecular formula is C17H22N4O. The van der Waals surface area contributed by atoms with Crippen molar-refractivity contribution in [3.05, 3.63) is 53.9 Å². The summed E-state index contributed by atoms with van der Waals surface area (Å²) in [5, 5.41) is 4.23. The van der Waals surface area contributed by atoms with Gasteiger partial charge in [0.05, 0.1) is 0 Å². The highest BCUT2D eigenvalue weighted by Crippen LogP contribution is 2.28. The molecule has 0 spiro atoms. The first-order valence-electron chi connectivity index (χ1n) is 7.74. The van der Waals surface area contributed by atoms with Crippen molar-refractivity contribution in [3.8, 4) is 0 Å². The van der Waals surface area contributed by atoms with E-state index in [-0.39, 0.29) is 5.91 Å². The summed E-state index contributed by atoms with van der Waals surface area (Å²) in [5.41, 5.74) is 8.24. The van der Waals surface area contributed by atoms with Gasteiger partial charge in [-0.15, -0.1) is 0 Å². The third-order valence-corrected chi connectivity index (χ3v) is 4.51. The third-order valence-electron chi connectivity index (χ3n) is 4.51. The number of nitrogens with zero attached hydrogens (tertiary/aromatic N) is 3. The summed E-state index contributed by atoms with van der Waals surface area (Å²) in [6.45, 7) is 1.52. The van der Waals surface area contributed by atoms with Crippen LogP contribution in [0.1, 0.15) is 36.1 Å². The SMILES string of the molecule is Cn1nccc1C1CCN(C(=O)C(N)c2ccccc2)CC1. The topological polar surface area (TPSA) is 64.2 Å². The largest absolute Gasteiger partial charge is 0.341 e. The quantitative estimate of drug-likeness (QED) is 0.940. The number of aryl methyl sites for hydroxylation is 1. The average Bonchev–Trinajstić information content (AvgIpc) is 3.00. The summed E-state index contributed by atoms with van der Waals surface area (Å²) in [6, 6.07) is 11.1. The normalized spacial score (nSPS) is 17.5. The van der Waals surface area contributed by atoms with Crippen molar-refractivity contribution in [1.29, 1.82) is 0 Å². The maximum atomic E-state index is 12.5. The summed E-state index contributed by atoms with van der Waals surface area (Å²) < 4.78 is 1.93. The van der Waals surface area contributed by atoms with Gasteiger partial charge in [0.25, 0.3) is 0 Å². The Morgan fingerprint density at radius 3 is 2.50 bits per heavy atom. The van der Waals surface area contributed by atoms with E-state index in [0.29, 0.717) is 5.92 Å². The molecule has 1 atom stereocenters. The zero-order chi connectivity index (χ0) is 15.5. The van der Waals surface area contributed by atoms with Gasteiger partial charge in [-0.05, 0) is 24.5 Å². The third kappa shape index (κ3) is 2.90. The number of likely N-dealkylation sites (tertiary alicyclic amines) is 1. The highest BCUT2D eigenvalue weighted by molar-refractivity contribution is 5.83. The zero-order valence-corrected chi connectivity index (χ0v) is 12.9. The van der Waals surface area contributed by atoms with E-state index in [0.717, 1.165) is 31.5 Å². The Hall–Kier alpha value is -2.14. The molecule has 5 heteroatoms. The van der Waals surface area contributed by atoms with Crippen LogP contribution < -0.4 is 5.73 Å². The van der Waals surface area contributed by atoms with E-state index in [9.17, 15) is 4.79 Å². The van der Waals surface area contributed by atoms with E-state index in [1.807, 2.05) is 53.2 Å². The molecule has 1 aromatic carbocycles. The second-order valence-electron chi connectivity index (χ2n) is 5.87. The van der Waals surface area contributed by atoms with Crippen LogP contribution in [0.4, 0.5) is 0 Å². The van der Waals surface area contributed by atoms with Gasteiger partial charge in [0.1, 0.15) is 6.04 Å². The van der Waals surface area contributed by atoms with Crippen molar-refractivity contribution in [1.82, 2.24) is 14.7 Å². The molecule has 1 aliphatic rings. The molecule has 22 heavy (non-hydrogen) atoms. The number of rotatable bonds is 3. The molecule has 0 radical (unpaired) electrons. The molecule has 2 N–H and O–H groups in total. The summed E-state index contributed by atoms with van der Waals surface area (Å²) in [7, 11) is 1.97. The molecular weight excluding hydrogens is 276 g/mol. The fraction of sp³-hybridized carbons (Fsp3) is 0.412. The molecule has 0 bridgehead atoms. The first-order valence-corrected chi connectivity index (χ1v) is 7.74. The fourth-order valence-corrected chi connectivity index (χ4v) is 3.18. The maximum Gasteiger partial charge on any atom is 0.244 e. The van der Waals surface area contributed by atoms with Crippen LogP contribution >= 0.6 is 0 Å². The van der Waals surface area contributed by atoms with Crippen LogP contribution in [-0.2, 0) is 11.8 Å². The van der Waals surface area contributed by atoms with Crippen LogP contribution in [0.3, 0.4) is 0 Å². The van der Waals surface area contributed by atoms with Crippen molar-refractivity contribution >= 4 is 5.91 Å². The Labute approximate surface area is 130 Å². The smallest absolute Gasteiger partial charge is 0.244 e. The van der Waals surface area contributed by atoms with Crippen molar-refractivity contribution in [2.24, 2.45) is 12.8 Å². The summed E-state index contributed by atoms with van der Waals surface area (Å²) in [5.74, 6) is 0.499. The highest BCUT2D eigenvalue weighted by Gasteiger charge is 2.28. The number of carbonyl (C=O) groups is 1. The minimum absolute atomic E-state index is 0.0228. The van der Waals surface area contributed by atoms with Crippen molar-refractivity contribution in [3.63, 3.8) is 0 Å². The summed E-state index contributed by atoms with van der Waals surface area (Å²) in [4.78, 5) is 14.4. The highest BCUT2D eigenvalue weighted by atomic mass is 16.2. The number of aromatic nitrogens is 2. The number of amides is 1. The molecule has 0 aliphatic carbocycles. The van der Waals surface area contributed by atoms with Gasteiger partial charge in [0.15, 0.2) is 0 Å². The second kappa shape index (κ2) is 6.32. The molecule has 1 amide bonds. The van der Waals surface area contributed by atoms with Crippen LogP contribution in [-0.4, -0.2) is 33.7 Å². The molecule has 1 unspecified atom stereocenters. The predicted molar refractivity (Wildman–Crippen MR) is 85.1 cm³/mol. The fourth-order valence-electron chi connectivity index (χ4n) is 3.18. The molecule has 1 saturated heterocycles. The van der Waals surface area contributed by atoms with Gasteiger partial charge in [0.2, 0.25) is 5.91 Å². The van der Waals surface area contributed by atoms with Gasteiger partial charge in [-0.3, -0.25) is 9.48 Å². The van der Waals surface area contributed by atoms with Gasteiger partial charge in [-0.2, -0.15) is 5.10 Å². The first kappa shape index (κ1) is 14.8. The van der Waals surface area contributed by atoms with E-state index in [1.54, 1.807) is 0 Å². The Morgan fingerprint density at radius 1 is 1.23 bits per heavy atom. The van der Waals surface area contributed by atoms with E-state index < -0.39 is 6.04 Å². The van der Waals surface area contributed by atoms with Crippen LogP contribution in [0.2, 0.25) is 0 Å². The van der Waals surface area contributed by atoms with Gasteiger partial charge >= 0.3 is 0 Å². The van der Waals surface area contributed by atoms with Crippen LogP contribution in [0.25, 0.3) is 0 Å². The number of hydrogen-bond acceptors (Lipinski definition) is 3. The standard InChI is InChI=1S/C17H22N4O/c1-20-15(7-10-19-20)13-8-11-21(12-9-13)17(22)16(18)14-5-3-2-4-6-14/h2-7,10,13,16H,8-9,11-12,18H2,1H3. The molecule has 1 fully saturated rings. The van der Waals surface area contributed by atoms with Crippen LogP contribution in [0, 0.1) is 0 Å². The lowest BCUT2D eigenvalue weighted by Gasteiger charge is -2.33. The number of hydrogen-bond donors (Lipinski definition) is 1. The molecule has 0 saturated carbocycles. The van der Waals surface area contributed by atoms with Gasteiger partial charge in [-0.25, -0.2) is 0 Å². The van der Waals surface area contributed by atoms with E-state index in [2.05, 4.69) is 11.2 Å². The van der Waals surface area contributed by atoms with Gasteiger partial charge in [-0.1, -0.05) is 30.3 Å². The lowest BCUT2D eigenvalue weighted by molar-refractivity contribution is -0.133. The Balaban J connectivity index is 1.61. The Kier molecular flexibility index (Phi) is 4.24. The molecule has 5 nitrogen and oxygen atoms in total. The summed E-state index contributed by atoms with van der Waals surface area (Å²) >= 11 is 0. The maximum absolute atomic E-state index is 12.5. The number of nitrogens with two attached hydrogens (primary N) is 1. The lowest BCUT2D eigenvalue weighted by Crippen LogP contribution is -2.43. The number of benzene rings is 1. The first-order chi connectivity index (χ1) is 10.7. The van der Waals surface area contributed by atoms with Crippen molar-refractivity contribution < 1.29 is 4.79 Å². The van der Waals surface area contributed by atoms with Crippen molar-refractivity contribution in [2.45, 2.75) is 24.8 Å². The molecule has 116 valence electrons. The molecule has 1 aliphatic heterocycles. The average molecular weight is 298 g/mol. The van der Waals surface area contributed by atoms with Crippen molar-refractivity contribution in [2.75, 3.05) is 13.1 Å². The Morgan fingerprint density at radius 2 is 1.91 bits per heavy atom. The van der Waals surface area contributed by atoms with E-state index in [1.165, 1.54) is 5.69 Å². The van der Waals surface area contributed by atoms with Crippen LogP contribution in [0.15, 0.2) is 42.6 Å². The predicted octanol–water partition coefficient (Wildman–Crippen LogP) is 1.83. The number of piperidine rings is 1. The zero-order valence-electron chi connectivity index (χ0n) is 12.9. The molecule has 2 aromatic rings. The minimum Gasteiger partial charge on any atom is -0.341 e. The molecule has 1 aromatic heterocycles.